The third-order valence-electron chi connectivity index (χ3n) is 4.50. The highest BCUT2D eigenvalue weighted by Gasteiger charge is 2.55. The fourth-order valence-corrected chi connectivity index (χ4v) is 3.06. The fraction of sp³-hybridized carbons (Fsp3) is 0.714. The molecule has 2 aliphatic rings. The summed E-state index contributed by atoms with van der Waals surface area (Å²) in [6, 6.07) is -0.595. The molecule has 2 rings (SSSR count). The molecule has 0 aromatic carbocycles. The zero-order chi connectivity index (χ0) is 16.5. The second-order valence-electron chi connectivity index (χ2n) is 5.97. The Labute approximate surface area is 128 Å². The van der Waals surface area contributed by atoms with Gasteiger partial charge in [0.1, 0.15) is 12.1 Å². The third kappa shape index (κ3) is 2.77. The maximum Gasteiger partial charge on any atom is 0.327 e. The van der Waals surface area contributed by atoms with Gasteiger partial charge in [0.05, 0.1) is 0 Å². The molecule has 1 saturated heterocycles. The second kappa shape index (κ2) is 5.94. The van der Waals surface area contributed by atoms with E-state index in [1.165, 1.54) is 6.92 Å². The number of ether oxygens (including phenoxy) is 1. The molecule has 4 amide bonds. The van der Waals surface area contributed by atoms with Gasteiger partial charge in [0, 0.05) is 0 Å². The zero-order valence-corrected chi connectivity index (χ0v) is 12.8. The van der Waals surface area contributed by atoms with Gasteiger partial charge in [0.2, 0.25) is 0 Å². The molecule has 0 aromatic heterocycles. The average molecular weight is 311 g/mol. The molecule has 1 spiro atoms. The van der Waals surface area contributed by atoms with Crippen molar-refractivity contribution in [3.8, 4) is 0 Å². The molecule has 122 valence electrons. The molecule has 3 atom stereocenters. The smallest absolute Gasteiger partial charge is 0.327 e. The van der Waals surface area contributed by atoms with Crippen LogP contribution in [0.15, 0.2) is 0 Å². The van der Waals surface area contributed by atoms with Crippen LogP contribution in [0.2, 0.25) is 0 Å². The molecular weight excluding hydrogens is 290 g/mol. The molecule has 0 radical (unpaired) electrons. The summed E-state index contributed by atoms with van der Waals surface area (Å²) in [4.78, 5) is 48.1. The minimum absolute atomic E-state index is 0.0169. The van der Waals surface area contributed by atoms with Gasteiger partial charge in [-0.05, 0) is 25.7 Å². The maximum absolute atomic E-state index is 12.6. The van der Waals surface area contributed by atoms with Crippen LogP contribution in [-0.2, 0) is 19.1 Å². The van der Waals surface area contributed by atoms with Crippen molar-refractivity contribution >= 4 is 23.8 Å². The van der Waals surface area contributed by atoms with E-state index in [9.17, 15) is 19.2 Å². The van der Waals surface area contributed by atoms with E-state index < -0.39 is 42.0 Å². The number of nitrogens with one attached hydrogen (secondary N) is 1. The Hall–Kier alpha value is -2.12. The van der Waals surface area contributed by atoms with Gasteiger partial charge in [-0.2, -0.15) is 0 Å². The van der Waals surface area contributed by atoms with Crippen LogP contribution >= 0.6 is 0 Å². The van der Waals surface area contributed by atoms with E-state index in [1.807, 2.05) is 6.92 Å². The monoisotopic (exact) mass is 311 g/mol. The number of nitrogens with zero attached hydrogens (tertiary/aromatic N) is 1. The minimum atomic E-state index is -1.10. The van der Waals surface area contributed by atoms with Crippen molar-refractivity contribution in [2.45, 2.75) is 51.2 Å². The first-order valence-corrected chi connectivity index (χ1v) is 7.41. The van der Waals surface area contributed by atoms with Crippen LogP contribution in [0.25, 0.3) is 0 Å². The summed E-state index contributed by atoms with van der Waals surface area (Å²) >= 11 is 0. The van der Waals surface area contributed by atoms with E-state index in [0.29, 0.717) is 6.42 Å². The van der Waals surface area contributed by atoms with Crippen LogP contribution in [0, 0.1) is 5.92 Å². The largest absolute Gasteiger partial charge is 0.451 e. The normalized spacial score (nSPS) is 29.4. The van der Waals surface area contributed by atoms with Gasteiger partial charge >= 0.3 is 12.0 Å². The summed E-state index contributed by atoms with van der Waals surface area (Å²) < 4.78 is 4.79. The molecule has 22 heavy (non-hydrogen) atoms. The lowest BCUT2D eigenvalue weighted by Gasteiger charge is -2.36. The van der Waals surface area contributed by atoms with Crippen LogP contribution in [0.3, 0.4) is 0 Å². The average Bonchev–Trinajstić information content (AvgIpc) is 2.67. The lowest BCUT2D eigenvalue weighted by molar-refractivity contribution is -0.156. The van der Waals surface area contributed by atoms with Crippen LogP contribution < -0.4 is 11.1 Å². The number of nitrogens with two attached hydrogens (primary N) is 1. The third-order valence-corrected chi connectivity index (χ3v) is 4.50. The topological polar surface area (TPSA) is 119 Å². The summed E-state index contributed by atoms with van der Waals surface area (Å²) in [5.41, 5.74) is 4.09. The number of hydrogen-bond donors (Lipinski definition) is 2. The van der Waals surface area contributed by atoms with Gasteiger partial charge in [-0.3, -0.25) is 19.3 Å². The first-order valence-electron chi connectivity index (χ1n) is 7.41. The maximum atomic E-state index is 12.6. The van der Waals surface area contributed by atoms with Crippen LogP contribution in [0.4, 0.5) is 4.79 Å². The van der Waals surface area contributed by atoms with Crippen molar-refractivity contribution in [3.63, 3.8) is 0 Å². The van der Waals surface area contributed by atoms with Crippen molar-refractivity contribution in [1.29, 1.82) is 0 Å². The van der Waals surface area contributed by atoms with Gasteiger partial charge < -0.3 is 15.8 Å². The summed E-state index contributed by atoms with van der Waals surface area (Å²) in [5.74, 6) is -2.00. The number of amides is 4. The molecule has 1 aliphatic heterocycles. The summed E-state index contributed by atoms with van der Waals surface area (Å²) in [6.45, 7) is 2.74. The van der Waals surface area contributed by atoms with Gasteiger partial charge in [-0.1, -0.05) is 19.8 Å². The van der Waals surface area contributed by atoms with E-state index in [1.54, 1.807) is 0 Å². The molecule has 1 heterocycles. The van der Waals surface area contributed by atoms with Gasteiger partial charge in [0.15, 0.2) is 6.10 Å². The first kappa shape index (κ1) is 16.3. The lowest BCUT2D eigenvalue weighted by atomic mass is 9.73. The molecule has 3 N–H and O–H groups in total. The summed E-state index contributed by atoms with van der Waals surface area (Å²) in [6.07, 6.45) is 2.19. The highest BCUT2D eigenvalue weighted by molar-refractivity contribution is 6.09. The van der Waals surface area contributed by atoms with Crippen molar-refractivity contribution in [3.05, 3.63) is 0 Å². The first-order chi connectivity index (χ1) is 10.3. The quantitative estimate of drug-likeness (QED) is 0.555. The van der Waals surface area contributed by atoms with Crippen LogP contribution in [0.1, 0.15) is 39.5 Å². The van der Waals surface area contributed by atoms with Gasteiger partial charge in [-0.25, -0.2) is 4.79 Å². The van der Waals surface area contributed by atoms with E-state index in [0.717, 1.165) is 24.2 Å². The highest BCUT2D eigenvalue weighted by Crippen LogP contribution is 2.38. The lowest BCUT2D eigenvalue weighted by Crippen LogP contribution is -2.54. The number of carbonyl (C=O) groups is 4. The standard InChI is InChI=1S/C14H21N3O5/c1-8-5-3-4-6-14(8)12(20)17(13(21)16-14)7-10(18)22-9(2)11(15)19/h8-9H,3-7H2,1-2H3,(H2,15,19)(H,16,21)/t8-,9-,14+/m0/s1. The Morgan fingerprint density at radius 2 is 2.14 bits per heavy atom. The van der Waals surface area contributed by atoms with E-state index in [4.69, 9.17) is 10.5 Å². The number of urea groups is 1. The van der Waals surface area contributed by atoms with Crippen LogP contribution in [-0.4, -0.2) is 46.9 Å². The molecule has 0 aromatic rings. The number of rotatable bonds is 4. The van der Waals surface area contributed by atoms with Crippen LogP contribution in [0.5, 0.6) is 0 Å². The number of imide groups is 1. The van der Waals surface area contributed by atoms with Crippen molar-refractivity contribution in [2.24, 2.45) is 11.7 Å². The molecule has 1 saturated carbocycles. The number of hydrogen-bond acceptors (Lipinski definition) is 5. The van der Waals surface area contributed by atoms with E-state index in [2.05, 4.69) is 5.32 Å². The van der Waals surface area contributed by atoms with Gasteiger partial charge in [-0.15, -0.1) is 0 Å². The molecular formula is C14H21N3O5. The van der Waals surface area contributed by atoms with E-state index in [-0.39, 0.29) is 5.92 Å². The molecule has 0 bridgehead atoms. The van der Waals surface area contributed by atoms with Crippen molar-refractivity contribution in [2.75, 3.05) is 6.54 Å². The molecule has 2 fully saturated rings. The zero-order valence-electron chi connectivity index (χ0n) is 12.8. The molecule has 8 heteroatoms. The molecule has 1 aliphatic carbocycles. The number of esters is 1. The Morgan fingerprint density at radius 3 is 2.73 bits per heavy atom. The predicted molar refractivity (Wildman–Crippen MR) is 75.4 cm³/mol. The molecule has 8 nitrogen and oxygen atoms in total. The van der Waals surface area contributed by atoms with Crippen molar-refractivity contribution in [1.82, 2.24) is 10.2 Å². The Morgan fingerprint density at radius 1 is 1.45 bits per heavy atom. The number of carbonyl (C=O) groups excluding carboxylic acids is 4. The Bertz CT molecular complexity index is 521. The van der Waals surface area contributed by atoms with Crippen molar-refractivity contribution < 1.29 is 23.9 Å². The Balaban J connectivity index is 2.06. The van der Waals surface area contributed by atoms with Gasteiger partial charge in [0.25, 0.3) is 11.8 Å². The minimum Gasteiger partial charge on any atom is -0.451 e. The second-order valence-corrected chi connectivity index (χ2v) is 5.97. The fourth-order valence-electron chi connectivity index (χ4n) is 3.06. The predicted octanol–water partition coefficient (Wildman–Crippen LogP) is -0.0959. The summed E-state index contributed by atoms with van der Waals surface area (Å²) in [7, 11) is 0. The van der Waals surface area contributed by atoms with E-state index >= 15 is 0 Å². The molecule has 0 unspecified atom stereocenters. The highest BCUT2D eigenvalue weighted by atomic mass is 16.5. The SMILES string of the molecule is C[C@H](OC(=O)CN1C(=O)N[C@@]2(CCCC[C@@H]2C)C1=O)C(N)=O. The summed E-state index contributed by atoms with van der Waals surface area (Å²) in [5, 5.41) is 2.74. The Kier molecular flexibility index (Phi) is 4.39. The number of primary amides is 1.